The molecule has 0 fully saturated rings. The maximum absolute atomic E-state index is 3.99. The minimum absolute atomic E-state index is 0.728. The molecule has 0 bridgehead atoms. The minimum Gasteiger partial charge on any atom is -0.143 e. The van der Waals surface area contributed by atoms with E-state index < -0.39 is 0 Å². The van der Waals surface area contributed by atoms with E-state index in [4.69, 9.17) is 0 Å². The van der Waals surface area contributed by atoms with Crippen molar-refractivity contribution in [2.45, 2.75) is 26.7 Å². The van der Waals surface area contributed by atoms with E-state index in [-0.39, 0.29) is 0 Å². The molecule has 2 nitrogen and oxygen atoms in total. The van der Waals surface area contributed by atoms with Crippen molar-refractivity contribution >= 4 is 27.5 Å². The molecule has 0 aliphatic rings. The van der Waals surface area contributed by atoms with Crippen molar-refractivity contribution in [3.63, 3.8) is 0 Å². The molecule has 1 rings (SSSR count). The van der Waals surface area contributed by atoms with Crippen molar-refractivity contribution in [1.82, 2.24) is 9.59 Å². The number of aromatic nitrogens is 2. The first-order chi connectivity index (χ1) is 5.77. The lowest BCUT2D eigenvalue weighted by Gasteiger charge is -2.08. The lowest BCUT2D eigenvalue weighted by Crippen LogP contribution is -2.04. The molecule has 0 aromatic carbocycles. The fraction of sp³-hybridized carbons (Fsp3) is 0.750. The topological polar surface area (TPSA) is 25.8 Å². The summed E-state index contributed by atoms with van der Waals surface area (Å²) >= 11 is 5.04. The van der Waals surface area contributed by atoms with E-state index in [1.165, 1.54) is 22.8 Å². The highest BCUT2D eigenvalue weighted by atomic mass is 79.9. The van der Waals surface area contributed by atoms with Gasteiger partial charge in [-0.3, -0.25) is 0 Å². The third-order valence-electron chi connectivity index (χ3n) is 2.02. The number of hydrogen-bond acceptors (Lipinski definition) is 3. The quantitative estimate of drug-likeness (QED) is 0.767. The molecule has 1 heterocycles. The highest BCUT2D eigenvalue weighted by Gasteiger charge is 2.10. The van der Waals surface area contributed by atoms with Gasteiger partial charge in [0.2, 0.25) is 0 Å². The molecular weight excluding hydrogens is 236 g/mol. The molecule has 0 radical (unpaired) electrons. The predicted octanol–water partition coefficient (Wildman–Crippen LogP) is 2.81. The van der Waals surface area contributed by atoms with E-state index in [0.717, 1.165) is 23.4 Å². The summed E-state index contributed by atoms with van der Waals surface area (Å²) in [6, 6.07) is 0. The molecule has 0 saturated carbocycles. The fourth-order valence-electron chi connectivity index (χ4n) is 1.01. The number of alkyl halides is 1. The van der Waals surface area contributed by atoms with Gasteiger partial charge in [-0.05, 0) is 30.8 Å². The summed E-state index contributed by atoms with van der Waals surface area (Å²) in [6.07, 6.45) is 2.33. The second-order valence-corrected chi connectivity index (χ2v) is 4.40. The highest BCUT2D eigenvalue weighted by molar-refractivity contribution is 9.09. The molecule has 0 spiro atoms. The normalized spacial score (nSPS) is 13.2. The average Bonchev–Trinajstić information content (AvgIpc) is 2.47. The Bertz CT molecular complexity index is 233. The van der Waals surface area contributed by atoms with Crippen LogP contribution in [0.4, 0.5) is 0 Å². The van der Waals surface area contributed by atoms with Crippen molar-refractivity contribution in [2.24, 2.45) is 5.92 Å². The first kappa shape index (κ1) is 10.1. The summed E-state index contributed by atoms with van der Waals surface area (Å²) in [5, 5.41) is 5.06. The van der Waals surface area contributed by atoms with Gasteiger partial charge in [-0.25, -0.2) is 0 Å². The zero-order chi connectivity index (χ0) is 8.97. The number of rotatable bonds is 4. The minimum atomic E-state index is 0.728. The Morgan fingerprint density at radius 2 is 2.33 bits per heavy atom. The van der Waals surface area contributed by atoms with Crippen LogP contribution in [-0.4, -0.2) is 14.9 Å². The van der Waals surface area contributed by atoms with Crippen LogP contribution in [0.5, 0.6) is 0 Å². The number of aryl methyl sites for hydroxylation is 1. The molecular formula is C8H13BrN2S. The van der Waals surface area contributed by atoms with Crippen LogP contribution in [0.1, 0.15) is 23.9 Å². The lowest BCUT2D eigenvalue weighted by molar-refractivity contribution is 0.576. The van der Waals surface area contributed by atoms with Gasteiger partial charge in [0.25, 0.3) is 0 Å². The second kappa shape index (κ2) is 4.92. The highest BCUT2D eigenvalue weighted by Crippen LogP contribution is 2.18. The van der Waals surface area contributed by atoms with Gasteiger partial charge in [-0.2, -0.15) is 0 Å². The smallest absolute Gasteiger partial charge is 0.0756 e. The molecule has 1 unspecified atom stereocenters. The molecule has 4 heteroatoms. The van der Waals surface area contributed by atoms with Crippen molar-refractivity contribution in [3.8, 4) is 0 Å². The van der Waals surface area contributed by atoms with Crippen LogP contribution >= 0.6 is 27.5 Å². The Morgan fingerprint density at radius 1 is 1.58 bits per heavy atom. The predicted molar refractivity (Wildman–Crippen MR) is 55.9 cm³/mol. The zero-order valence-corrected chi connectivity index (χ0v) is 9.78. The van der Waals surface area contributed by atoms with Gasteiger partial charge in [0.05, 0.1) is 5.69 Å². The molecule has 0 aliphatic carbocycles. The third-order valence-corrected chi connectivity index (χ3v) is 3.78. The Kier molecular flexibility index (Phi) is 4.15. The molecule has 0 amide bonds. The van der Waals surface area contributed by atoms with Crippen LogP contribution in [0, 0.1) is 12.8 Å². The van der Waals surface area contributed by atoms with Gasteiger partial charge in [-0.15, -0.1) is 5.10 Å². The molecule has 1 aromatic rings. The molecule has 1 aromatic heterocycles. The van der Waals surface area contributed by atoms with Crippen LogP contribution in [0.3, 0.4) is 0 Å². The summed E-state index contributed by atoms with van der Waals surface area (Å²) in [7, 11) is 0. The van der Waals surface area contributed by atoms with Crippen LogP contribution < -0.4 is 0 Å². The third kappa shape index (κ3) is 2.52. The fourth-order valence-corrected chi connectivity index (χ4v) is 2.44. The first-order valence-electron chi connectivity index (χ1n) is 4.11. The molecule has 12 heavy (non-hydrogen) atoms. The van der Waals surface area contributed by atoms with Gasteiger partial charge < -0.3 is 0 Å². The van der Waals surface area contributed by atoms with Gasteiger partial charge in [-0.1, -0.05) is 33.8 Å². The Morgan fingerprint density at radius 3 is 2.75 bits per heavy atom. The van der Waals surface area contributed by atoms with Crippen LogP contribution in [0.25, 0.3) is 0 Å². The van der Waals surface area contributed by atoms with E-state index in [9.17, 15) is 0 Å². The maximum Gasteiger partial charge on any atom is 0.0756 e. The Hall–Kier alpha value is 0.0400. The first-order valence-corrected chi connectivity index (χ1v) is 6.01. The van der Waals surface area contributed by atoms with Gasteiger partial charge in [0.15, 0.2) is 0 Å². The molecule has 1 atom stereocenters. The summed E-state index contributed by atoms with van der Waals surface area (Å²) in [5.41, 5.74) is 1.10. The van der Waals surface area contributed by atoms with E-state index in [2.05, 4.69) is 32.4 Å². The standard InChI is InChI=1S/C8H13BrN2S/c1-3-7(5-9)4-8-6(2)10-11-12-8/h7H,3-5H2,1-2H3. The van der Waals surface area contributed by atoms with Crippen LogP contribution in [0.2, 0.25) is 0 Å². The largest absolute Gasteiger partial charge is 0.143 e. The van der Waals surface area contributed by atoms with E-state index in [1.807, 2.05) is 6.92 Å². The van der Waals surface area contributed by atoms with Crippen molar-refractivity contribution in [1.29, 1.82) is 0 Å². The molecule has 0 N–H and O–H groups in total. The number of hydrogen-bond donors (Lipinski definition) is 0. The van der Waals surface area contributed by atoms with Crippen LogP contribution in [-0.2, 0) is 6.42 Å². The Labute approximate surface area is 85.7 Å². The van der Waals surface area contributed by atoms with Gasteiger partial charge >= 0.3 is 0 Å². The van der Waals surface area contributed by atoms with Gasteiger partial charge in [0.1, 0.15) is 0 Å². The summed E-state index contributed by atoms with van der Waals surface area (Å²) in [4.78, 5) is 1.33. The van der Waals surface area contributed by atoms with Crippen molar-refractivity contribution in [3.05, 3.63) is 10.6 Å². The van der Waals surface area contributed by atoms with Crippen LogP contribution in [0.15, 0.2) is 0 Å². The van der Waals surface area contributed by atoms with Crippen molar-refractivity contribution < 1.29 is 0 Å². The second-order valence-electron chi connectivity index (χ2n) is 2.91. The molecule has 0 saturated heterocycles. The SMILES string of the molecule is CCC(CBr)Cc1snnc1C. The monoisotopic (exact) mass is 248 g/mol. The van der Waals surface area contributed by atoms with E-state index in [1.54, 1.807) is 0 Å². The zero-order valence-electron chi connectivity index (χ0n) is 7.38. The average molecular weight is 249 g/mol. The van der Waals surface area contributed by atoms with E-state index >= 15 is 0 Å². The Balaban J connectivity index is 2.56. The van der Waals surface area contributed by atoms with E-state index in [0.29, 0.717) is 0 Å². The lowest BCUT2D eigenvalue weighted by atomic mass is 10.0. The summed E-state index contributed by atoms with van der Waals surface area (Å²) in [5.74, 6) is 0.728. The summed E-state index contributed by atoms with van der Waals surface area (Å²) in [6.45, 7) is 4.25. The molecule has 68 valence electrons. The number of nitrogens with zero attached hydrogens (tertiary/aromatic N) is 2. The summed E-state index contributed by atoms with van der Waals surface area (Å²) < 4.78 is 3.92. The number of halogens is 1. The maximum atomic E-state index is 3.99. The van der Waals surface area contributed by atoms with Gasteiger partial charge in [0, 0.05) is 10.2 Å². The molecule has 0 aliphatic heterocycles. The van der Waals surface area contributed by atoms with Crippen molar-refractivity contribution in [2.75, 3.05) is 5.33 Å².